The highest BCUT2D eigenvalue weighted by atomic mass is 31.2. The summed E-state index contributed by atoms with van der Waals surface area (Å²) in [5.74, 6) is -3.54. The van der Waals surface area contributed by atoms with E-state index in [0.717, 1.165) is 19.2 Å². The highest BCUT2D eigenvalue weighted by molar-refractivity contribution is 7.52. The molecule has 37 heavy (non-hydrogen) atoms. The zero-order valence-electron chi connectivity index (χ0n) is 20.5. The van der Waals surface area contributed by atoms with Crippen LogP contribution in [0.5, 0.6) is 5.75 Å². The summed E-state index contributed by atoms with van der Waals surface area (Å²) < 4.78 is 50.9. The molecule has 1 aliphatic rings. The third kappa shape index (κ3) is 6.53. The monoisotopic (exact) mass is 545 g/mol. The van der Waals surface area contributed by atoms with Crippen LogP contribution in [0.15, 0.2) is 52.2 Å². The van der Waals surface area contributed by atoms with Crippen LogP contribution in [0.1, 0.15) is 33.9 Å². The minimum atomic E-state index is -4.51. The van der Waals surface area contributed by atoms with E-state index >= 15 is 4.39 Å². The summed E-state index contributed by atoms with van der Waals surface area (Å²) in [4.78, 5) is 37.7. The molecular formula is C22H29FN3O10P. The maximum absolute atomic E-state index is 15.5. The van der Waals surface area contributed by atoms with Crippen LogP contribution in [-0.4, -0.2) is 62.0 Å². The van der Waals surface area contributed by atoms with Crippen LogP contribution < -0.4 is 20.9 Å². The standard InChI is InChI=1S/C22H29FN3O10P/c1-13(2)34-17(28)14(3)25-37(32,36-15-8-6-5-7-9-15)33-12-22(31)18(29)21(4,23)19(35-22)26-11-10-16(27)24-20(26)30/h5-11,13-14,18-19,29,31H,12H2,1-4H3,(H,25,32)(H,24,27,30)/t14-,18-,19?,21+,22+,37-/m0/s1. The van der Waals surface area contributed by atoms with Crippen molar-refractivity contribution in [2.45, 2.75) is 63.6 Å². The number of hydrogen-bond acceptors (Lipinski definition) is 10. The third-order valence-corrected chi connectivity index (χ3v) is 6.96. The van der Waals surface area contributed by atoms with Gasteiger partial charge < -0.3 is 24.2 Å². The van der Waals surface area contributed by atoms with Gasteiger partial charge >= 0.3 is 19.4 Å². The minimum absolute atomic E-state index is 0.0654. The molecule has 0 amide bonds. The second kappa shape index (κ2) is 10.9. The number of rotatable bonds is 10. The van der Waals surface area contributed by atoms with E-state index in [1.807, 2.05) is 4.98 Å². The van der Waals surface area contributed by atoms with Gasteiger partial charge in [0.15, 0.2) is 11.9 Å². The molecule has 1 unspecified atom stereocenters. The fraction of sp³-hybridized carbons (Fsp3) is 0.500. The lowest BCUT2D eigenvalue weighted by atomic mass is 9.96. The van der Waals surface area contributed by atoms with Gasteiger partial charge in [-0.15, -0.1) is 0 Å². The maximum atomic E-state index is 15.5. The number of nitrogens with zero attached hydrogens (tertiary/aromatic N) is 1. The molecule has 1 aliphatic heterocycles. The van der Waals surface area contributed by atoms with Crippen molar-refractivity contribution >= 4 is 13.7 Å². The smallest absolute Gasteiger partial charge is 0.459 e. The Morgan fingerprint density at radius 1 is 1.27 bits per heavy atom. The number of H-pyrrole nitrogens is 1. The first-order valence-corrected chi connectivity index (χ1v) is 12.8. The normalized spacial score (nSPS) is 28.0. The quantitative estimate of drug-likeness (QED) is 0.247. The average Bonchev–Trinajstić information content (AvgIpc) is 2.98. The average molecular weight is 545 g/mol. The second-order valence-electron chi connectivity index (χ2n) is 8.90. The summed E-state index contributed by atoms with van der Waals surface area (Å²) in [6.07, 6.45) is -3.75. The molecule has 1 aromatic heterocycles. The van der Waals surface area contributed by atoms with E-state index in [4.69, 9.17) is 18.5 Å². The summed E-state index contributed by atoms with van der Waals surface area (Å²) in [6, 6.07) is 7.43. The van der Waals surface area contributed by atoms with Crippen molar-refractivity contribution in [1.82, 2.24) is 14.6 Å². The summed E-state index contributed by atoms with van der Waals surface area (Å²) in [7, 11) is -4.51. The first kappa shape index (κ1) is 28.7. The van der Waals surface area contributed by atoms with Crippen molar-refractivity contribution in [3.05, 3.63) is 63.4 Å². The number of nitrogens with one attached hydrogen (secondary N) is 2. The van der Waals surface area contributed by atoms with Gasteiger partial charge in [0.2, 0.25) is 5.79 Å². The zero-order valence-corrected chi connectivity index (χ0v) is 21.4. The molecule has 2 heterocycles. The predicted octanol–water partition coefficient (Wildman–Crippen LogP) is 0.976. The number of ether oxygens (including phenoxy) is 2. The van der Waals surface area contributed by atoms with E-state index in [2.05, 4.69) is 5.09 Å². The molecule has 6 atom stereocenters. The van der Waals surface area contributed by atoms with Crippen LogP contribution >= 0.6 is 7.75 Å². The highest BCUT2D eigenvalue weighted by Crippen LogP contribution is 2.50. The molecule has 0 bridgehead atoms. The number of carbonyl (C=O) groups excluding carboxylic acids is 1. The molecule has 13 nitrogen and oxygen atoms in total. The fourth-order valence-corrected chi connectivity index (χ4v) is 5.03. The highest BCUT2D eigenvalue weighted by Gasteiger charge is 2.64. The van der Waals surface area contributed by atoms with Crippen molar-refractivity contribution in [2.75, 3.05) is 6.61 Å². The van der Waals surface area contributed by atoms with Gasteiger partial charge in [0.1, 0.15) is 24.5 Å². The molecule has 0 saturated carbocycles. The van der Waals surface area contributed by atoms with Crippen molar-refractivity contribution in [3.63, 3.8) is 0 Å². The molecule has 1 aromatic carbocycles. The van der Waals surface area contributed by atoms with Gasteiger partial charge in [-0.3, -0.25) is 23.7 Å². The SMILES string of the molecule is CC(C)OC(=O)[C@H](C)N[P@](=O)(OC[C@@]1(O)OC(n2ccc(=O)[nH]c2=O)[C@](C)(F)[C@@H]1O)Oc1ccccc1. The summed E-state index contributed by atoms with van der Waals surface area (Å²) in [6.45, 7) is 4.31. The molecular weight excluding hydrogens is 516 g/mol. The van der Waals surface area contributed by atoms with E-state index in [9.17, 15) is 29.2 Å². The Labute approximate surface area is 210 Å². The number of alkyl halides is 1. The molecule has 15 heteroatoms. The van der Waals surface area contributed by atoms with Gasteiger partial charge in [0.05, 0.1) is 6.10 Å². The van der Waals surface area contributed by atoms with E-state index in [-0.39, 0.29) is 5.75 Å². The van der Waals surface area contributed by atoms with Crippen molar-refractivity contribution in [2.24, 2.45) is 0 Å². The Kier molecular flexibility index (Phi) is 8.42. The number of hydrogen-bond donors (Lipinski definition) is 4. The van der Waals surface area contributed by atoms with Crippen molar-refractivity contribution in [3.8, 4) is 5.75 Å². The van der Waals surface area contributed by atoms with Gasteiger partial charge in [-0.1, -0.05) is 18.2 Å². The van der Waals surface area contributed by atoms with Gasteiger partial charge in [-0.25, -0.2) is 13.8 Å². The van der Waals surface area contributed by atoms with E-state index in [0.29, 0.717) is 4.57 Å². The fourth-order valence-electron chi connectivity index (χ4n) is 3.51. The van der Waals surface area contributed by atoms with Crippen LogP contribution in [0.4, 0.5) is 4.39 Å². The number of esters is 1. The molecule has 0 radical (unpaired) electrons. The lowest BCUT2D eigenvalue weighted by molar-refractivity contribution is -0.251. The molecule has 4 N–H and O–H groups in total. The van der Waals surface area contributed by atoms with Crippen LogP contribution in [0.25, 0.3) is 0 Å². The number of halogens is 1. The summed E-state index contributed by atoms with van der Waals surface area (Å²) in [5, 5.41) is 23.9. The molecule has 1 saturated heterocycles. The number of carbonyl (C=O) groups is 1. The Balaban J connectivity index is 1.86. The second-order valence-corrected chi connectivity index (χ2v) is 10.6. The molecule has 1 fully saturated rings. The molecule has 0 spiro atoms. The first-order chi connectivity index (χ1) is 17.2. The van der Waals surface area contributed by atoms with E-state index in [1.165, 1.54) is 19.1 Å². The number of benzene rings is 1. The lowest BCUT2D eigenvalue weighted by Crippen LogP contribution is -2.50. The zero-order chi connectivity index (χ0) is 27.6. The third-order valence-electron chi connectivity index (χ3n) is 5.33. The summed E-state index contributed by atoms with van der Waals surface area (Å²) >= 11 is 0. The lowest BCUT2D eigenvalue weighted by Gasteiger charge is -2.29. The number of aromatic nitrogens is 2. The molecule has 0 aliphatic carbocycles. The Morgan fingerprint density at radius 2 is 1.92 bits per heavy atom. The number of aromatic amines is 1. The number of aliphatic hydroxyl groups excluding tert-OH is 1. The van der Waals surface area contributed by atoms with Crippen molar-refractivity contribution < 1.29 is 42.5 Å². The Morgan fingerprint density at radius 3 is 2.51 bits per heavy atom. The van der Waals surface area contributed by atoms with Gasteiger partial charge in [-0.05, 0) is 39.8 Å². The molecule has 204 valence electrons. The first-order valence-electron chi connectivity index (χ1n) is 11.2. The van der Waals surface area contributed by atoms with Crippen LogP contribution in [0.3, 0.4) is 0 Å². The Hall–Kier alpha value is -2.87. The number of aliphatic hydroxyl groups is 2. The van der Waals surface area contributed by atoms with Crippen LogP contribution in [-0.2, 0) is 23.4 Å². The van der Waals surface area contributed by atoms with E-state index < -0.39 is 67.5 Å². The summed E-state index contributed by atoms with van der Waals surface area (Å²) in [5.41, 5.74) is -4.59. The molecule has 3 rings (SSSR count). The van der Waals surface area contributed by atoms with E-state index in [1.54, 1.807) is 32.0 Å². The number of para-hydroxylation sites is 1. The van der Waals surface area contributed by atoms with Gasteiger partial charge in [0.25, 0.3) is 5.56 Å². The topological polar surface area (TPSA) is 178 Å². The van der Waals surface area contributed by atoms with Gasteiger partial charge in [-0.2, -0.15) is 5.09 Å². The largest absolute Gasteiger partial charge is 0.462 e. The van der Waals surface area contributed by atoms with Crippen LogP contribution in [0.2, 0.25) is 0 Å². The van der Waals surface area contributed by atoms with Crippen molar-refractivity contribution in [1.29, 1.82) is 0 Å². The molecule has 2 aromatic rings. The minimum Gasteiger partial charge on any atom is -0.462 e. The predicted molar refractivity (Wildman–Crippen MR) is 126 cm³/mol. The van der Waals surface area contributed by atoms with Gasteiger partial charge in [0, 0.05) is 12.3 Å². The Bertz CT molecular complexity index is 1270. The van der Waals surface area contributed by atoms with Crippen LogP contribution in [0, 0.1) is 0 Å². The maximum Gasteiger partial charge on any atom is 0.459 e.